The fourth-order valence-electron chi connectivity index (χ4n) is 5.04. The third kappa shape index (κ3) is 3.58. The number of piperidine rings is 1. The van der Waals surface area contributed by atoms with Crippen LogP contribution in [0.5, 0.6) is 0 Å². The summed E-state index contributed by atoms with van der Waals surface area (Å²) in [5.41, 5.74) is 2.59. The van der Waals surface area contributed by atoms with Gasteiger partial charge in [0, 0.05) is 32.5 Å². The van der Waals surface area contributed by atoms with Gasteiger partial charge in [0.25, 0.3) is 0 Å². The largest absolute Gasteiger partial charge is 0.342 e. The number of imidazole rings is 1. The number of benzene rings is 2. The van der Waals surface area contributed by atoms with Crippen LogP contribution >= 0.6 is 0 Å². The van der Waals surface area contributed by atoms with Crippen molar-refractivity contribution in [2.75, 3.05) is 20.1 Å². The van der Waals surface area contributed by atoms with E-state index in [1.165, 1.54) is 12.1 Å². The molecule has 2 amide bonds. The van der Waals surface area contributed by atoms with E-state index in [2.05, 4.69) is 4.98 Å². The molecule has 2 fully saturated rings. The van der Waals surface area contributed by atoms with Crippen molar-refractivity contribution in [1.82, 2.24) is 19.8 Å². The van der Waals surface area contributed by atoms with Gasteiger partial charge in [0.05, 0.1) is 23.0 Å². The molecule has 3 aromatic rings. The van der Waals surface area contributed by atoms with Gasteiger partial charge < -0.3 is 14.8 Å². The van der Waals surface area contributed by atoms with Crippen molar-refractivity contribution in [2.45, 2.75) is 31.2 Å². The second-order valence-corrected chi connectivity index (χ2v) is 8.58. The Morgan fingerprint density at radius 2 is 2.03 bits per heavy atom. The molecule has 0 radical (unpaired) electrons. The summed E-state index contributed by atoms with van der Waals surface area (Å²) in [7, 11) is 1.69. The van der Waals surface area contributed by atoms with Crippen molar-refractivity contribution in [3.63, 3.8) is 0 Å². The minimum Gasteiger partial charge on any atom is -0.342 e. The zero-order chi connectivity index (χ0) is 21.5. The van der Waals surface area contributed by atoms with Crippen LogP contribution in [0.2, 0.25) is 0 Å². The van der Waals surface area contributed by atoms with Crippen molar-refractivity contribution < 1.29 is 14.0 Å². The van der Waals surface area contributed by atoms with E-state index in [9.17, 15) is 14.0 Å². The van der Waals surface area contributed by atoms with E-state index in [1.807, 2.05) is 29.2 Å². The highest BCUT2D eigenvalue weighted by Crippen LogP contribution is 2.39. The first kappa shape index (κ1) is 19.7. The molecule has 31 heavy (non-hydrogen) atoms. The van der Waals surface area contributed by atoms with E-state index in [0.29, 0.717) is 18.7 Å². The average Bonchev–Trinajstić information content (AvgIpc) is 3.34. The number of aromatic nitrogens is 2. The molecule has 2 saturated heterocycles. The van der Waals surface area contributed by atoms with Gasteiger partial charge in [-0.3, -0.25) is 9.59 Å². The lowest BCUT2D eigenvalue weighted by Crippen LogP contribution is -2.43. The first-order valence-electron chi connectivity index (χ1n) is 10.8. The van der Waals surface area contributed by atoms with E-state index in [4.69, 9.17) is 4.98 Å². The van der Waals surface area contributed by atoms with Gasteiger partial charge in [0.2, 0.25) is 11.8 Å². The molecule has 7 heteroatoms. The molecule has 0 aliphatic carbocycles. The van der Waals surface area contributed by atoms with Crippen molar-refractivity contribution in [2.24, 2.45) is 5.92 Å². The molecular formula is C24H25FN4O2. The predicted octanol–water partition coefficient (Wildman–Crippen LogP) is 3.63. The highest BCUT2D eigenvalue weighted by atomic mass is 19.1. The molecule has 2 aliphatic heterocycles. The maximum Gasteiger partial charge on any atom is 0.228 e. The maximum atomic E-state index is 13.8. The molecule has 1 aromatic heterocycles. The molecular weight excluding hydrogens is 395 g/mol. The Morgan fingerprint density at radius 3 is 2.84 bits per heavy atom. The summed E-state index contributed by atoms with van der Waals surface area (Å²) in [6.07, 6.45) is 2.00. The van der Waals surface area contributed by atoms with Crippen LogP contribution < -0.4 is 0 Å². The summed E-state index contributed by atoms with van der Waals surface area (Å²) >= 11 is 0. The highest BCUT2D eigenvalue weighted by molar-refractivity contribution is 5.90. The van der Waals surface area contributed by atoms with Gasteiger partial charge in [-0.1, -0.05) is 24.3 Å². The van der Waals surface area contributed by atoms with Gasteiger partial charge in [0.15, 0.2) is 0 Å². The number of para-hydroxylation sites is 2. The highest BCUT2D eigenvalue weighted by Gasteiger charge is 2.45. The Morgan fingerprint density at radius 1 is 1.19 bits per heavy atom. The number of nitrogens with zero attached hydrogens (tertiary/aromatic N) is 3. The summed E-state index contributed by atoms with van der Waals surface area (Å²) in [6.45, 7) is 1.24. The van der Waals surface area contributed by atoms with Crippen LogP contribution in [-0.2, 0) is 9.59 Å². The molecule has 2 aliphatic rings. The Kier molecular flexibility index (Phi) is 4.96. The number of carbonyl (C=O) groups is 2. The lowest BCUT2D eigenvalue weighted by molar-refractivity contribution is -0.137. The van der Waals surface area contributed by atoms with Crippen LogP contribution in [0, 0.1) is 11.7 Å². The number of halogens is 1. The Balaban J connectivity index is 1.38. The molecule has 6 nitrogen and oxygen atoms in total. The van der Waals surface area contributed by atoms with Crippen LogP contribution in [-0.4, -0.2) is 51.7 Å². The van der Waals surface area contributed by atoms with Crippen molar-refractivity contribution in [3.05, 3.63) is 65.7 Å². The molecule has 5 rings (SSSR count). The van der Waals surface area contributed by atoms with Crippen LogP contribution in [0.1, 0.15) is 42.6 Å². The number of carbonyl (C=O) groups excluding carboxylic acids is 2. The number of likely N-dealkylation sites (tertiary alicyclic amines) is 2. The molecule has 160 valence electrons. The van der Waals surface area contributed by atoms with Crippen molar-refractivity contribution in [3.8, 4) is 0 Å². The molecule has 3 unspecified atom stereocenters. The number of rotatable bonds is 3. The smallest absolute Gasteiger partial charge is 0.228 e. The number of aromatic amines is 1. The first-order chi connectivity index (χ1) is 15.0. The molecule has 2 aromatic carbocycles. The SMILES string of the molecule is CN1C(=O)CC(C(=O)N2CCCC(c3nc4ccccc4[nH]3)C2)C1c1cccc(F)c1. The van der Waals surface area contributed by atoms with Crippen molar-refractivity contribution in [1.29, 1.82) is 0 Å². The Bertz CT molecular complexity index is 1110. The van der Waals surface area contributed by atoms with Gasteiger partial charge in [-0.2, -0.15) is 0 Å². The molecule has 3 heterocycles. The molecule has 0 saturated carbocycles. The topological polar surface area (TPSA) is 69.3 Å². The lowest BCUT2D eigenvalue weighted by atomic mass is 9.90. The minimum atomic E-state index is -0.506. The Hall–Kier alpha value is -3.22. The number of fused-ring (bicyclic) bond motifs is 1. The van der Waals surface area contributed by atoms with Gasteiger partial charge >= 0.3 is 0 Å². The fraction of sp³-hybridized carbons (Fsp3) is 0.375. The summed E-state index contributed by atoms with van der Waals surface area (Å²) < 4.78 is 13.8. The van der Waals surface area contributed by atoms with E-state index in [1.54, 1.807) is 24.1 Å². The molecule has 0 spiro atoms. The lowest BCUT2D eigenvalue weighted by Gasteiger charge is -2.35. The third-order valence-corrected chi connectivity index (χ3v) is 6.62. The number of nitrogens with one attached hydrogen (secondary N) is 1. The predicted molar refractivity (Wildman–Crippen MR) is 115 cm³/mol. The summed E-state index contributed by atoms with van der Waals surface area (Å²) in [4.78, 5) is 37.6. The zero-order valence-corrected chi connectivity index (χ0v) is 17.4. The van der Waals surface area contributed by atoms with Crippen molar-refractivity contribution >= 4 is 22.8 Å². The second-order valence-electron chi connectivity index (χ2n) is 8.58. The summed E-state index contributed by atoms with van der Waals surface area (Å²) in [6, 6.07) is 13.7. The van der Waals surface area contributed by atoms with E-state index in [-0.39, 0.29) is 30.0 Å². The fourth-order valence-corrected chi connectivity index (χ4v) is 5.04. The van der Waals surface area contributed by atoms with Gasteiger partial charge in [-0.15, -0.1) is 0 Å². The van der Waals surface area contributed by atoms with Gasteiger partial charge in [-0.25, -0.2) is 9.37 Å². The number of hydrogen-bond acceptors (Lipinski definition) is 3. The van der Waals surface area contributed by atoms with E-state index in [0.717, 1.165) is 29.7 Å². The summed E-state index contributed by atoms with van der Waals surface area (Å²) in [5, 5.41) is 0. The average molecular weight is 420 g/mol. The first-order valence-corrected chi connectivity index (χ1v) is 10.8. The van der Waals surface area contributed by atoms with Crippen LogP contribution in [0.3, 0.4) is 0 Å². The quantitative estimate of drug-likeness (QED) is 0.704. The molecule has 3 atom stereocenters. The van der Waals surface area contributed by atoms with E-state index < -0.39 is 12.0 Å². The molecule has 0 bridgehead atoms. The number of H-pyrrole nitrogens is 1. The standard InChI is InChI=1S/C24H25FN4O2/c1-28-21(30)13-18(22(28)15-6-4-8-17(25)12-15)24(31)29-11-5-7-16(14-29)23-26-19-9-2-3-10-20(19)27-23/h2-4,6,8-10,12,16,18,22H,5,7,11,13-14H2,1H3,(H,26,27). The second kappa shape index (κ2) is 7.80. The molecule has 1 N–H and O–H groups in total. The Labute approximate surface area is 180 Å². The van der Waals surface area contributed by atoms with Gasteiger partial charge in [-0.05, 0) is 42.7 Å². The van der Waals surface area contributed by atoms with E-state index >= 15 is 0 Å². The summed E-state index contributed by atoms with van der Waals surface area (Å²) in [5.74, 6) is 0.0480. The normalized spacial score (nSPS) is 24.2. The minimum absolute atomic E-state index is 0.0345. The number of hydrogen-bond donors (Lipinski definition) is 1. The van der Waals surface area contributed by atoms with Crippen LogP contribution in [0.15, 0.2) is 48.5 Å². The van der Waals surface area contributed by atoms with Gasteiger partial charge in [0.1, 0.15) is 11.6 Å². The maximum absolute atomic E-state index is 13.8. The number of amides is 2. The monoisotopic (exact) mass is 420 g/mol. The van der Waals surface area contributed by atoms with Crippen LogP contribution in [0.4, 0.5) is 4.39 Å². The van der Waals surface area contributed by atoms with Crippen LogP contribution in [0.25, 0.3) is 11.0 Å². The third-order valence-electron chi connectivity index (χ3n) is 6.62. The zero-order valence-electron chi connectivity index (χ0n) is 17.4.